The number of fused-ring (bicyclic) bond motifs is 1. The fraction of sp³-hybridized carbons (Fsp3) is 0.500. The van der Waals surface area contributed by atoms with Gasteiger partial charge in [-0.15, -0.1) is 0 Å². The molecule has 166 valence electrons. The second kappa shape index (κ2) is 9.31. The van der Waals surface area contributed by atoms with Crippen LogP contribution in [-0.4, -0.2) is 29.3 Å². The molecule has 2 N–H and O–H groups in total. The van der Waals surface area contributed by atoms with Gasteiger partial charge in [0.1, 0.15) is 17.6 Å². The van der Waals surface area contributed by atoms with Crippen molar-refractivity contribution >= 4 is 5.91 Å². The molecule has 2 aliphatic rings. The number of ether oxygens (including phenoxy) is 2. The summed E-state index contributed by atoms with van der Waals surface area (Å²) in [5, 5.41) is 12.3. The summed E-state index contributed by atoms with van der Waals surface area (Å²) in [6, 6.07) is 16.5. The fourth-order valence-corrected chi connectivity index (χ4v) is 4.45. The van der Waals surface area contributed by atoms with Crippen molar-refractivity contribution in [2.24, 2.45) is 5.92 Å². The summed E-state index contributed by atoms with van der Waals surface area (Å²) in [5.74, 6) is 1.86. The van der Waals surface area contributed by atoms with Gasteiger partial charge in [-0.1, -0.05) is 30.3 Å². The van der Waals surface area contributed by atoms with E-state index in [9.17, 15) is 9.90 Å². The van der Waals surface area contributed by atoms with E-state index in [2.05, 4.69) is 35.6 Å². The molecule has 0 spiro atoms. The van der Waals surface area contributed by atoms with Gasteiger partial charge in [-0.05, 0) is 81.7 Å². The zero-order chi connectivity index (χ0) is 21.8. The van der Waals surface area contributed by atoms with Crippen LogP contribution in [0.5, 0.6) is 11.5 Å². The molecule has 1 aliphatic carbocycles. The molecule has 1 aliphatic heterocycles. The van der Waals surface area contributed by atoms with Gasteiger partial charge in [0.25, 0.3) is 0 Å². The van der Waals surface area contributed by atoms with Crippen LogP contribution in [0.15, 0.2) is 48.5 Å². The maximum atomic E-state index is 12.5. The Bertz CT molecular complexity index is 888. The van der Waals surface area contributed by atoms with E-state index in [0.717, 1.165) is 50.0 Å². The standard InChI is InChI=1S/C26H33NO4/c1-26(2,17-28)27-25(29)19-8-11-21(12-9-19)30-22-13-15-24-20(16-22)10-14-23(31-24)18-6-4-3-5-7-18/h3-7,13,15-16,19,21,23,28H,8-12,14,17H2,1-2H3,(H,27,29). The molecule has 31 heavy (non-hydrogen) atoms. The molecule has 5 nitrogen and oxygen atoms in total. The molecule has 0 bridgehead atoms. The normalized spacial score (nSPS) is 23.4. The number of aryl methyl sites for hydroxylation is 1. The fourth-order valence-electron chi connectivity index (χ4n) is 4.45. The van der Waals surface area contributed by atoms with Gasteiger partial charge in [0, 0.05) is 5.92 Å². The van der Waals surface area contributed by atoms with Crippen LogP contribution in [0.4, 0.5) is 0 Å². The Hall–Kier alpha value is -2.53. The molecule has 1 atom stereocenters. The van der Waals surface area contributed by atoms with Crippen molar-refractivity contribution < 1.29 is 19.4 Å². The first-order chi connectivity index (χ1) is 14.9. The first kappa shape index (κ1) is 21.7. The number of carbonyl (C=O) groups is 1. The number of benzene rings is 2. The Morgan fingerprint density at radius 3 is 2.55 bits per heavy atom. The average Bonchev–Trinajstić information content (AvgIpc) is 2.79. The Labute approximate surface area is 184 Å². The zero-order valence-electron chi connectivity index (χ0n) is 18.5. The van der Waals surface area contributed by atoms with E-state index in [1.54, 1.807) is 0 Å². The minimum absolute atomic E-state index is 0.00229. The van der Waals surface area contributed by atoms with E-state index in [1.165, 1.54) is 11.1 Å². The van der Waals surface area contributed by atoms with E-state index >= 15 is 0 Å². The smallest absolute Gasteiger partial charge is 0.223 e. The molecule has 0 aromatic heterocycles. The summed E-state index contributed by atoms with van der Waals surface area (Å²) in [7, 11) is 0. The monoisotopic (exact) mass is 423 g/mol. The van der Waals surface area contributed by atoms with Gasteiger partial charge in [-0.2, -0.15) is 0 Å². The van der Waals surface area contributed by atoms with Crippen molar-refractivity contribution in [2.75, 3.05) is 6.61 Å². The van der Waals surface area contributed by atoms with Crippen LogP contribution in [0.25, 0.3) is 0 Å². The lowest BCUT2D eigenvalue weighted by atomic mass is 9.86. The lowest BCUT2D eigenvalue weighted by Gasteiger charge is -2.32. The number of hydrogen-bond donors (Lipinski definition) is 2. The van der Waals surface area contributed by atoms with E-state index in [4.69, 9.17) is 9.47 Å². The molecule has 1 heterocycles. The largest absolute Gasteiger partial charge is 0.490 e. The number of aliphatic hydroxyl groups is 1. The molecule has 5 heteroatoms. The van der Waals surface area contributed by atoms with Crippen molar-refractivity contribution in [2.45, 2.75) is 70.1 Å². The minimum Gasteiger partial charge on any atom is -0.490 e. The van der Waals surface area contributed by atoms with Crippen LogP contribution in [0.3, 0.4) is 0 Å². The second-order valence-electron chi connectivity index (χ2n) is 9.45. The number of aliphatic hydroxyl groups excluding tert-OH is 1. The van der Waals surface area contributed by atoms with Crippen molar-refractivity contribution in [1.82, 2.24) is 5.32 Å². The van der Waals surface area contributed by atoms with Gasteiger partial charge >= 0.3 is 0 Å². The number of amides is 1. The van der Waals surface area contributed by atoms with Crippen molar-refractivity contribution in [3.8, 4) is 11.5 Å². The number of nitrogens with one attached hydrogen (secondary N) is 1. The molecule has 2 aromatic carbocycles. The third-order valence-corrected chi connectivity index (χ3v) is 6.35. The highest BCUT2D eigenvalue weighted by Gasteiger charge is 2.30. The summed E-state index contributed by atoms with van der Waals surface area (Å²) in [6.07, 6.45) is 5.52. The van der Waals surface area contributed by atoms with Crippen molar-refractivity contribution in [3.63, 3.8) is 0 Å². The van der Waals surface area contributed by atoms with Gasteiger partial charge in [0.2, 0.25) is 5.91 Å². The van der Waals surface area contributed by atoms with E-state index in [1.807, 2.05) is 32.0 Å². The molecule has 2 aromatic rings. The maximum absolute atomic E-state index is 12.5. The lowest BCUT2D eigenvalue weighted by Crippen LogP contribution is -2.49. The summed E-state index contributed by atoms with van der Waals surface area (Å²) < 4.78 is 12.5. The Morgan fingerprint density at radius 2 is 1.84 bits per heavy atom. The second-order valence-corrected chi connectivity index (χ2v) is 9.45. The van der Waals surface area contributed by atoms with Crippen LogP contribution in [0.1, 0.15) is 63.2 Å². The highest BCUT2D eigenvalue weighted by Crippen LogP contribution is 2.37. The Morgan fingerprint density at radius 1 is 1.10 bits per heavy atom. The molecule has 1 saturated carbocycles. The quantitative estimate of drug-likeness (QED) is 0.714. The SMILES string of the molecule is CC(C)(CO)NC(=O)C1CCC(Oc2ccc3c(c2)CCC(c2ccccc2)O3)CC1. The highest BCUT2D eigenvalue weighted by molar-refractivity contribution is 5.79. The topological polar surface area (TPSA) is 67.8 Å². The molecule has 1 unspecified atom stereocenters. The van der Waals surface area contributed by atoms with E-state index in [-0.39, 0.29) is 30.6 Å². The highest BCUT2D eigenvalue weighted by atomic mass is 16.5. The summed E-state index contributed by atoms with van der Waals surface area (Å²) in [6.45, 7) is 3.61. The maximum Gasteiger partial charge on any atom is 0.223 e. The summed E-state index contributed by atoms with van der Waals surface area (Å²) >= 11 is 0. The molecular formula is C26H33NO4. The summed E-state index contributed by atoms with van der Waals surface area (Å²) in [4.78, 5) is 12.5. The molecule has 0 saturated heterocycles. The Balaban J connectivity index is 1.30. The summed E-state index contributed by atoms with van der Waals surface area (Å²) in [5.41, 5.74) is 1.84. The Kier molecular flexibility index (Phi) is 6.51. The first-order valence-electron chi connectivity index (χ1n) is 11.4. The van der Waals surface area contributed by atoms with Gasteiger partial charge in [0.05, 0.1) is 18.2 Å². The molecule has 0 radical (unpaired) electrons. The third kappa shape index (κ3) is 5.40. The van der Waals surface area contributed by atoms with Gasteiger partial charge < -0.3 is 19.9 Å². The van der Waals surface area contributed by atoms with Crippen LogP contribution < -0.4 is 14.8 Å². The molecule has 1 fully saturated rings. The van der Waals surface area contributed by atoms with Crippen molar-refractivity contribution in [3.05, 3.63) is 59.7 Å². The molecule has 4 rings (SSSR count). The van der Waals surface area contributed by atoms with Crippen LogP contribution >= 0.6 is 0 Å². The number of carbonyl (C=O) groups excluding carboxylic acids is 1. The molecule has 1 amide bonds. The van der Waals surface area contributed by atoms with E-state index < -0.39 is 5.54 Å². The van der Waals surface area contributed by atoms with Gasteiger partial charge in [-0.25, -0.2) is 0 Å². The van der Waals surface area contributed by atoms with Crippen LogP contribution in [0, 0.1) is 5.92 Å². The minimum atomic E-state index is -0.574. The van der Waals surface area contributed by atoms with Crippen LogP contribution in [0.2, 0.25) is 0 Å². The molecular weight excluding hydrogens is 390 g/mol. The van der Waals surface area contributed by atoms with Crippen LogP contribution in [-0.2, 0) is 11.2 Å². The first-order valence-corrected chi connectivity index (χ1v) is 11.4. The van der Waals surface area contributed by atoms with Crippen molar-refractivity contribution in [1.29, 1.82) is 0 Å². The van der Waals surface area contributed by atoms with E-state index in [0.29, 0.717) is 0 Å². The van der Waals surface area contributed by atoms with Gasteiger partial charge in [-0.3, -0.25) is 4.79 Å². The zero-order valence-corrected chi connectivity index (χ0v) is 18.5. The predicted octanol–water partition coefficient (Wildman–Crippen LogP) is 4.58. The predicted molar refractivity (Wildman–Crippen MR) is 120 cm³/mol. The average molecular weight is 424 g/mol. The number of rotatable bonds is 6. The number of hydrogen-bond acceptors (Lipinski definition) is 4. The van der Waals surface area contributed by atoms with Gasteiger partial charge in [0.15, 0.2) is 0 Å². The third-order valence-electron chi connectivity index (χ3n) is 6.35. The lowest BCUT2D eigenvalue weighted by molar-refractivity contribution is -0.128.